The number of rotatable bonds is 4. The van der Waals surface area contributed by atoms with Crippen molar-refractivity contribution >= 4 is 0 Å². The second-order valence-electron chi connectivity index (χ2n) is 5.66. The summed E-state index contributed by atoms with van der Waals surface area (Å²) in [5, 5.41) is 3.70. The van der Waals surface area contributed by atoms with Gasteiger partial charge in [-0.25, -0.2) is 4.39 Å². The topological polar surface area (TPSA) is 28.2 Å². The van der Waals surface area contributed by atoms with Gasteiger partial charge in [0.25, 0.3) is 0 Å². The molecule has 19 heavy (non-hydrogen) atoms. The average Bonchev–Trinajstić information content (AvgIpc) is 2.39. The van der Waals surface area contributed by atoms with Gasteiger partial charge in [0.1, 0.15) is 5.82 Å². The molecule has 1 N–H and O–H groups in total. The molecule has 1 fully saturated rings. The zero-order chi connectivity index (χ0) is 13.8. The lowest BCUT2D eigenvalue weighted by atomic mass is 9.92. The van der Waals surface area contributed by atoms with E-state index in [4.69, 9.17) is 0 Å². The SMILES string of the molecule is CCC(NC1CCN(C)CC1C)c1ccc(F)cn1. The van der Waals surface area contributed by atoms with Crippen LogP contribution < -0.4 is 5.32 Å². The fraction of sp³-hybridized carbons (Fsp3) is 0.667. The molecule has 0 amide bonds. The fourth-order valence-corrected chi connectivity index (χ4v) is 2.87. The average molecular weight is 265 g/mol. The molecule has 3 nitrogen and oxygen atoms in total. The van der Waals surface area contributed by atoms with Gasteiger partial charge in [0.2, 0.25) is 0 Å². The number of aromatic nitrogens is 1. The predicted molar refractivity (Wildman–Crippen MR) is 75.4 cm³/mol. The first-order valence-electron chi connectivity index (χ1n) is 7.16. The number of nitrogens with zero attached hydrogens (tertiary/aromatic N) is 2. The van der Waals surface area contributed by atoms with E-state index in [1.807, 2.05) is 0 Å². The number of hydrogen-bond acceptors (Lipinski definition) is 3. The summed E-state index contributed by atoms with van der Waals surface area (Å²) in [6, 6.07) is 4.02. The molecular formula is C15H24FN3. The molecule has 0 radical (unpaired) electrons. The van der Waals surface area contributed by atoms with Crippen molar-refractivity contribution in [2.24, 2.45) is 5.92 Å². The van der Waals surface area contributed by atoms with Gasteiger partial charge in [-0.15, -0.1) is 0 Å². The minimum atomic E-state index is -0.272. The van der Waals surface area contributed by atoms with E-state index < -0.39 is 0 Å². The van der Waals surface area contributed by atoms with Crippen LogP contribution in [0, 0.1) is 11.7 Å². The number of pyridine rings is 1. The Bertz CT molecular complexity index is 393. The van der Waals surface area contributed by atoms with Gasteiger partial charge in [-0.3, -0.25) is 4.98 Å². The Hall–Kier alpha value is -1.00. The first-order chi connectivity index (χ1) is 9.10. The van der Waals surface area contributed by atoms with Crippen LogP contribution in [0.3, 0.4) is 0 Å². The molecule has 2 heterocycles. The molecular weight excluding hydrogens is 241 g/mol. The lowest BCUT2D eigenvalue weighted by molar-refractivity contribution is 0.164. The molecule has 1 aromatic rings. The Balaban J connectivity index is 2.01. The molecule has 3 unspecified atom stereocenters. The van der Waals surface area contributed by atoms with E-state index in [0.29, 0.717) is 12.0 Å². The van der Waals surface area contributed by atoms with E-state index in [0.717, 1.165) is 31.6 Å². The zero-order valence-electron chi connectivity index (χ0n) is 12.1. The summed E-state index contributed by atoms with van der Waals surface area (Å²) in [7, 11) is 2.17. The molecule has 106 valence electrons. The molecule has 0 aromatic carbocycles. The number of likely N-dealkylation sites (tertiary alicyclic amines) is 1. The first kappa shape index (κ1) is 14.4. The van der Waals surface area contributed by atoms with Gasteiger partial charge in [-0.1, -0.05) is 13.8 Å². The third-order valence-corrected chi connectivity index (χ3v) is 4.04. The molecule has 1 aliphatic heterocycles. The van der Waals surface area contributed by atoms with E-state index in [1.54, 1.807) is 6.07 Å². The standard InChI is InChI=1S/C15H24FN3/c1-4-13(15-6-5-12(16)9-17-15)18-14-7-8-19(3)10-11(14)2/h5-6,9,11,13-14,18H,4,7-8,10H2,1-3H3. The Morgan fingerprint density at radius 2 is 2.32 bits per heavy atom. The quantitative estimate of drug-likeness (QED) is 0.907. The van der Waals surface area contributed by atoms with Crippen molar-refractivity contribution in [2.75, 3.05) is 20.1 Å². The molecule has 0 aliphatic carbocycles. The van der Waals surface area contributed by atoms with Gasteiger partial charge in [0.15, 0.2) is 0 Å². The lowest BCUT2D eigenvalue weighted by Crippen LogP contribution is -2.48. The summed E-state index contributed by atoms with van der Waals surface area (Å²) < 4.78 is 12.9. The van der Waals surface area contributed by atoms with E-state index in [2.05, 4.69) is 36.1 Å². The van der Waals surface area contributed by atoms with Crippen molar-refractivity contribution in [3.8, 4) is 0 Å². The van der Waals surface area contributed by atoms with Crippen LogP contribution in [0.1, 0.15) is 38.4 Å². The molecule has 0 bridgehead atoms. The highest BCUT2D eigenvalue weighted by molar-refractivity contribution is 5.10. The minimum Gasteiger partial charge on any atom is -0.306 e. The number of nitrogens with one attached hydrogen (secondary N) is 1. The van der Waals surface area contributed by atoms with Crippen LogP contribution in [0.4, 0.5) is 4.39 Å². The Morgan fingerprint density at radius 3 is 2.89 bits per heavy atom. The lowest BCUT2D eigenvalue weighted by Gasteiger charge is -2.37. The highest BCUT2D eigenvalue weighted by atomic mass is 19.1. The van der Waals surface area contributed by atoms with Crippen molar-refractivity contribution < 1.29 is 4.39 Å². The maximum atomic E-state index is 12.9. The third kappa shape index (κ3) is 3.74. The molecule has 3 atom stereocenters. The summed E-state index contributed by atoms with van der Waals surface area (Å²) in [6.07, 6.45) is 3.44. The van der Waals surface area contributed by atoms with E-state index >= 15 is 0 Å². The normalized spacial score (nSPS) is 26.3. The van der Waals surface area contributed by atoms with Gasteiger partial charge < -0.3 is 10.2 Å². The summed E-state index contributed by atoms with van der Waals surface area (Å²) in [5.74, 6) is 0.361. The Morgan fingerprint density at radius 1 is 1.53 bits per heavy atom. The van der Waals surface area contributed by atoms with Crippen molar-refractivity contribution in [2.45, 2.75) is 38.8 Å². The number of halogens is 1. The van der Waals surface area contributed by atoms with E-state index in [9.17, 15) is 4.39 Å². The molecule has 4 heteroatoms. The van der Waals surface area contributed by atoms with Crippen LogP contribution in [-0.2, 0) is 0 Å². The van der Waals surface area contributed by atoms with Crippen LogP contribution in [-0.4, -0.2) is 36.1 Å². The van der Waals surface area contributed by atoms with Crippen molar-refractivity contribution in [1.29, 1.82) is 0 Å². The highest BCUT2D eigenvalue weighted by Gasteiger charge is 2.26. The molecule has 1 aliphatic rings. The molecule has 0 saturated carbocycles. The molecule has 1 saturated heterocycles. The second kappa shape index (κ2) is 6.44. The highest BCUT2D eigenvalue weighted by Crippen LogP contribution is 2.21. The van der Waals surface area contributed by atoms with Crippen molar-refractivity contribution in [3.05, 3.63) is 29.8 Å². The monoisotopic (exact) mass is 265 g/mol. The van der Waals surface area contributed by atoms with Crippen LogP contribution >= 0.6 is 0 Å². The smallest absolute Gasteiger partial charge is 0.141 e. The Labute approximate surface area is 115 Å². The molecule has 1 aromatic heterocycles. The largest absolute Gasteiger partial charge is 0.306 e. The third-order valence-electron chi connectivity index (χ3n) is 4.04. The molecule has 0 spiro atoms. The van der Waals surface area contributed by atoms with Crippen LogP contribution in [0.15, 0.2) is 18.3 Å². The fourth-order valence-electron chi connectivity index (χ4n) is 2.87. The predicted octanol–water partition coefficient (Wildman–Crippen LogP) is 2.60. The first-order valence-corrected chi connectivity index (χ1v) is 7.16. The van der Waals surface area contributed by atoms with Crippen molar-refractivity contribution in [1.82, 2.24) is 15.2 Å². The summed E-state index contributed by atoms with van der Waals surface area (Å²) in [5.41, 5.74) is 0.940. The maximum absolute atomic E-state index is 12.9. The van der Waals surface area contributed by atoms with E-state index in [1.165, 1.54) is 12.3 Å². The van der Waals surface area contributed by atoms with Crippen LogP contribution in [0.25, 0.3) is 0 Å². The summed E-state index contributed by atoms with van der Waals surface area (Å²) in [4.78, 5) is 6.58. The number of piperidine rings is 1. The zero-order valence-corrected chi connectivity index (χ0v) is 12.1. The van der Waals surface area contributed by atoms with Gasteiger partial charge >= 0.3 is 0 Å². The molecule has 2 rings (SSSR count). The summed E-state index contributed by atoms with van der Waals surface area (Å²) >= 11 is 0. The van der Waals surface area contributed by atoms with Gasteiger partial charge in [0.05, 0.1) is 11.9 Å². The second-order valence-corrected chi connectivity index (χ2v) is 5.66. The Kier molecular flexibility index (Phi) is 4.88. The van der Waals surface area contributed by atoms with Gasteiger partial charge in [-0.2, -0.15) is 0 Å². The van der Waals surface area contributed by atoms with Crippen LogP contribution in [0.2, 0.25) is 0 Å². The van der Waals surface area contributed by atoms with E-state index in [-0.39, 0.29) is 11.9 Å². The van der Waals surface area contributed by atoms with Crippen LogP contribution in [0.5, 0.6) is 0 Å². The number of hydrogen-bond donors (Lipinski definition) is 1. The van der Waals surface area contributed by atoms with Gasteiger partial charge in [0, 0.05) is 18.6 Å². The maximum Gasteiger partial charge on any atom is 0.141 e. The van der Waals surface area contributed by atoms with Gasteiger partial charge in [-0.05, 0) is 44.5 Å². The van der Waals surface area contributed by atoms with Crippen molar-refractivity contribution in [3.63, 3.8) is 0 Å². The summed E-state index contributed by atoms with van der Waals surface area (Å²) in [6.45, 7) is 6.70. The minimum absolute atomic E-state index is 0.219.